The normalized spacial score (nSPS) is 16.1. The average Bonchev–Trinajstić information content (AvgIpc) is 3.12. The Morgan fingerprint density at radius 3 is 2.85 bits per heavy atom. The zero-order chi connectivity index (χ0) is 13.8. The van der Waals surface area contributed by atoms with Crippen LogP contribution in [-0.2, 0) is 6.54 Å². The van der Waals surface area contributed by atoms with Crippen LogP contribution in [0.5, 0.6) is 0 Å². The van der Waals surface area contributed by atoms with Gasteiger partial charge in [-0.15, -0.1) is 0 Å². The number of aromatic amines is 1. The lowest BCUT2D eigenvalue weighted by atomic mass is 10.2. The molecule has 0 saturated carbocycles. The van der Waals surface area contributed by atoms with E-state index in [1.54, 1.807) is 0 Å². The standard InChI is InChI=1S/C16H22N4/c1-2-17-16(20-9-5-6-10-20)18-12-14-11-13-7-3-4-8-15(13)19-14/h3-4,7-8,11,19H,2,5-6,9-10,12H2,1H3,(H,17,18). The van der Waals surface area contributed by atoms with Crippen molar-refractivity contribution in [3.63, 3.8) is 0 Å². The van der Waals surface area contributed by atoms with Crippen molar-refractivity contribution >= 4 is 16.9 Å². The molecule has 0 unspecified atom stereocenters. The number of para-hydroxylation sites is 1. The van der Waals surface area contributed by atoms with Crippen LogP contribution in [0.4, 0.5) is 0 Å². The van der Waals surface area contributed by atoms with Crippen LogP contribution in [0.1, 0.15) is 25.5 Å². The molecule has 0 spiro atoms. The van der Waals surface area contributed by atoms with Gasteiger partial charge in [0, 0.05) is 30.8 Å². The summed E-state index contributed by atoms with van der Waals surface area (Å²) in [7, 11) is 0. The minimum atomic E-state index is 0.702. The van der Waals surface area contributed by atoms with Gasteiger partial charge in [0.15, 0.2) is 5.96 Å². The van der Waals surface area contributed by atoms with E-state index in [2.05, 4.69) is 52.5 Å². The van der Waals surface area contributed by atoms with Crippen molar-refractivity contribution in [2.24, 2.45) is 4.99 Å². The van der Waals surface area contributed by atoms with Crippen molar-refractivity contribution in [2.75, 3.05) is 19.6 Å². The van der Waals surface area contributed by atoms with Crippen LogP contribution >= 0.6 is 0 Å². The summed E-state index contributed by atoms with van der Waals surface area (Å²) < 4.78 is 0. The molecule has 1 aromatic heterocycles. The highest BCUT2D eigenvalue weighted by Crippen LogP contribution is 2.15. The second-order valence-electron chi connectivity index (χ2n) is 5.25. The van der Waals surface area contributed by atoms with E-state index in [0.29, 0.717) is 6.54 Å². The van der Waals surface area contributed by atoms with Gasteiger partial charge in [-0.05, 0) is 37.3 Å². The number of aliphatic imine (C=N–C) groups is 1. The number of nitrogens with zero attached hydrogens (tertiary/aromatic N) is 2. The summed E-state index contributed by atoms with van der Waals surface area (Å²) in [5, 5.41) is 4.64. The molecule has 1 aromatic carbocycles. The highest BCUT2D eigenvalue weighted by molar-refractivity contribution is 5.81. The number of nitrogens with one attached hydrogen (secondary N) is 2. The van der Waals surface area contributed by atoms with Crippen LogP contribution in [0.3, 0.4) is 0 Å². The smallest absolute Gasteiger partial charge is 0.194 e. The quantitative estimate of drug-likeness (QED) is 0.665. The van der Waals surface area contributed by atoms with Gasteiger partial charge in [0.2, 0.25) is 0 Å². The molecule has 0 atom stereocenters. The Kier molecular flexibility index (Phi) is 3.90. The van der Waals surface area contributed by atoms with Crippen molar-refractivity contribution in [2.45, 2.75) is 26.3 Å². The molecular weight excluding hydrogens is 248 g/mol. The van der Waals surface area contributed by atoms with Crippen molar-refractivity contribution < 1.29 is 0 Å². The van der Waals surface area contributed by atoms with Crippen LogP contribution < -0.4 is 5.32 Å². The first-order valence-corrected chi connectivity index (χ1v) is 7.46. The summed E-state index contributed by atoms with van der Waals surface area (Å²) in [6.07, 6.45) is 2.55. The molecule has 1 aliphatic heterocycles. The highest BCUT2D eigenvalue weighted by atomic mass is 15.3. The predicted octanol–water partition coefficient (Wildman–Crippen LogP) is 2.73. The van der Waals surface area contributed by atoms with Crippen molar-refractivity contribution in [3.05, 3.63) is 36.0 Å². The van der Waals surface area contributed by atoms with Crippen LogP contribution in [0.15, 0.2) is 35.3 Å². The Hall–Kier alpha value is -1.97. The second-order valence-corrected chi connectivity index (χ2v) is 5.25. The maximum Gasteiger partial charge on any atom is 0.194 e. The fraction of sp³-hybridized carbons (Fsp3) is 0.438. The number of guanidine groups is 1. The molecule has 106 valence electrons. The summed E-state index contributed by atoms with van der Waals surface area (Å²) in [5.41, 5.74) is 2.35. The maximum absolute atomic E-state index is 4.76. The molecule has 1 aliphatic rings. The molecule has 4 heteroatoms. The fourth-order valence-electron chi connectivity index (χ4n) is 2.73. The molecule has 2 N–H and O–H groups in total. The van der Waals surface area contributed by atoms with Crippen molar-refractivity contribution in [1.82, 2.24) is 15.2 Å². The maximum atomic E-state index is 4.76. The van der Waals surface area contributed by atoms with Crippen LogP contribution in [0.25, 0.3) is 10.9 Å². The minimum absolute atomic E-state index is 0.702. The first-order valence-electron chi connectivity index (χ1n) is 7.46. The van der Waals surface area contributed by atoms with Gasteiger partial charge in [0.1, 0.15) is 0 Å². The third-order valence-corrected chi connectivity index (χ3v) is 3.73. The molecule has 0 radical (unpaired) electrons. The van der Waals surface area contributed by atoms with E-state index in [1.165, 1.54) is 29.4 Å². The number of rotatable bonds is 3. The first kappa shape index (κ1) is 13.0. The number of fused-ring (bicyclic) bond motifs is 1. The van der Waals surface area contributed by atoms with E-state index < -0.39 is 0 Å². The molecule has 0 aliphatic carbocycles. The molecule has 4 nitrogen and oxygen atoms in total. The number of hydrogen-bond donors (Lipinski definition) is 2. The summed E-state index contributed by atoms with van der Waals surface area (Å²) in [4.78, 5) is 10.5. The van der Waals surface area contributed by atoms with Gasteiger partial charge in [0.05, 0.1) is 6.54 Å². The van der Waals surface area contributed by atoms with Gasteiger partial charge < -0.3 is 15.2 Å². The van der Waals surface area contributed by atoms with E-state index in [9.17, 15) is 0 Å². The predicted molar refractivity (Wildman–Crippen MR) is 83.9 cm³/mol. The molecule has 20 heavy (non-hydrogen) atoms. The molecule has 0 bridgehead atoms. The molecule has 2 aromatic rings. The van der Waals surface area contributed by atoms with Gasteiger partial charge in [-0.25, -0.2) is 4.99 Å². The molecule has 1 fully saturated rings. The summed E-state index contributed by atoms with van der Waals surface area (Å²) in [5.74, 6) is 1.05. The van der Waals surface area contributed by atoms with Crippen molar-refractivity contribution in [3.8, 4) is 0 Å². The number of hydrogen-bond acceptors (Lipinski definition) is 1. The summed E-state index contributed by atoms with van der Waals surface area (Å²) >= 11 is 0. The summed E-state index contributed by atoms with van der Waals surface area (Å²) in [6.45, 7) is 5.99. The number of aromatic nitrogens is 1. The van der Waals surface area contributed by atoms with E-state index in [4.69, 9.17) is 4.99 Å². The fourth-order valence-corrected chi connectivity index (χ4v) is 2.73. The third-order valence-electron chi connectivity index (χ3n) is 3.73. The Morgan fingerprint density at radius 2 is 2.10 bits per heavy atom. The zero-order valence-corrected chi connectivity index (χ0v) is 12.0. The van der Waals surface area contributed by atoms with Crippen molar-refractivity contribution in [1.29, 1.82) is 0 Å². The first-order chi connectivity index (χ1) is 9.86. The number of H-pyrrole nitrogens is 1. The lowest BCUT2D eigenvalue weighted by molar-refractivity contribution is 0.493. The topological polar surface area (TPSA) is 43.4 Å². The summed E-state index contributed by atoms with van der Waals surface area (Å²) in [6, 6.07) is 10.5. The van der Waals surface area contributed by atoms with Crippen LogP contribution in [0, 0.1) is 0 Å². The van der Waals surface area contributed by atoms with E-state index in [-0.39, 0.29) is 0 Å². The average molecular weight is 270 g/mol. The Morgan fingerprint density at radius 1 is 1.30 bits per heavy atom. The Bertz CT molecular complexity index is 560. The van der Waals surface area contributed by atoms with Gasteiger partial charge in [-0.2, -0.15) is 0 Å². The van der Waals surface area contributed by atoms with Gasteiger partial charge in [-0.3, -0.25) is 0 Å². The number of benzene rings is 1. The zero-order valence-electron chi connectivity index (χ0n) is 12.0. The molecule has 1 saturated heterocycles. The Balaban J connectivity index is 1.75. The second kappa shape index (κ2) is 5.99. The largest absolute Gasteiger partial charge is 0.357 e. The minimum Gasteiger partial charge on any atom is -0.357 e. The van der Waals surface area contributed by atoms with E-state index in [1.807, 2.05) is 0 Å². The van der Waals surface area contributed by atoms with Gasteiger partial charge in [-0.1, -0.05) is 18.2 Å². The van der Waals surface area contributed by atoms with Crippen LogP contribution in [0.2, 0.25) is 0 Å². The molecule has 2 heterocycles. The third kappa shape index (κ3) is 2.79. The Labute approximate surface area is 119 Å². The van der Waals surface area contributed by atoms with Gasteiger partial charge in [0.25, 0.3) is 0 Å². The molecule has 0 amide bonds. The molecule has 3 rings (SSSR count). The van der Waals surface area contributed by atoms with E-state index >= 15 is 0 Å². The SMILES string of the molecule is CCNC(=NCc1cc2ccccc2[nH]1)N1CCCC1. The monoisotopic (exact) mass is 270 g/mol. The van der Waals surface area contributed by atoms with E-state index in [0.717, 1.165) is 25.6 Å². The highest BCUT2D eigenvalue weighted by Gasteiger charge is 2.15. The van der Waals surface area contributed by atoms with Crippen LogP contribution in [-0.4, -0.2) is 35.5 Å². The number of likely N-dealkylation sites (tertiary alicyclic amines) is 1. The lowest BCUT2D eigenvalue weighted by Crippen LogP contribution is -2.39. The van der Waals surface area contributed by atoms with Gasteiger partial charge >= 0.3 is 0 Å². The molecular formula is C16H22N4. The lowest BCUT2D eigenvalue weighted by Gasteiger charge is -2.20.